The molecular weight excluding hydrogens is 455 g/mol. The summed E-state index contributed by atoms with van der Waals surface area (Å²) in [5.74, 6) is 1.64. The number of thiocarbonyl (C=S) groups is 2. The van der Waals surface area contributed by atoms with Gasteiger partial charge in [0.05, 0.1) is 28.9 Å². The second-order valence-electron chi connectivity index (χ2n) is 5.81. The summed E-state index contributed by atoms with van der Waals surface area (Å²) < 4.78 is 12.2. The van der Waals surface area contributed by atoms with Gasteiger partial charge in [0.15, 0.2) is 0 Å². The van der Waals surface area contributed by atoms with E-state index < -0.39 is 6.33 Å². The summed E-state index contributed by atoms with van der Waals surface area (Å²) in [6.45, 7) is 0. The highest BCUT2D eigenvalue weighted by atomic mass is 33.1. The predicted molar refractivity (Wildman–Crippen MR) is 138 cm³/mol. The molecule has 0 unspecified atom stereocenters. The zero-order valence-electron chi connectivity index (χ0n) is 15.9. The first-order chi connectivity index (χ1) is 14.1. The molecule has 0 atom stereocenters. The minimum absolute atomic E-state index is 0.716. The first kappa shape index (κ1) is 22.3. The third kappa shape index (κ3) is 6.27. The van der Waals surface area contributed by atoms with Crippen molar-refractivity contribution in [1.82, 2.24) is 0 Å². The van der Waals surface area contributed by atoms with E-state index in [0.717, 1.165) is 31.0 Å². The molecule has 2 nitrogen and oxygen atoms in total. The number of benzene rings is 3. The van der Waals surface area contributed by atoms with Crippen molar-refractivity contribution in [3.8, 4) is 11.5 Å². The molecule has 0 saturated carbocycles. The van der Waals surface area contributed by atoms with E-state index in [0.29, 0.717) is 0 Å². The van der Waals surface area contributed by atoms with E-state index in [-0.39, 0.29) is 0 Å². The van der Waals surface area contributed by atoms with Crippen LogP contribution in [-0.4, -0.2) is 22.6 Å². The quantitative estimate of drug-likeness (QED) is 0.273. The molecule has 0 heterocycles. The van der Waals surface area contributed by atoms with Crippen molar-refractivity contribution in [3.05, 3.63) is 90.0 Å². The Kier molecular flexibility index (Phi) is 8.52. The van der Waals surface area contributed by atoms with Crippen LogP contribution in [0, 0.1) is 0 Å². The van der Waals surface area contributed by atoms with Crippen LogP contribution in [0.1, 0.15) is 11.1 Å². The highest BCUT2D eigenvalue weighted by Crippen LogP contribution is 2.62. The van der Waals surface area contributed by atoms with Gasteiger partial charge in [-0.25, -0.2) is 0 Å². The van der Waals surface area contributed by atoms with Gasteiger partial charge in [-0.15, -0.1) is 0 Å². The number of methoxy groups -OCH3 is 2. The molecule has 0 saturated heterocycles. The molecule has 0 aromatic heterocycles. The molecule has 3 aromatic rings. The molecule has 0 fully saturated rings. The number of hydrogen-bond donors (Lipinski definition) is 0. The summed E-state index contributed by atoms with van der Waals surface area (Å²) in [5, 5.41) is 1.24. The van der Waals surface area contributed by atoms with Gasteiger partial charge < -0.3 is 9.47 Å². The molecule has 3 aromatic carbocycles. The Morgan fingerprint density at radius 1 is 0.655 bits per heavy atom. The molecule has 3 rings (SSSR count). The Balaban J connectivity index is 1.78. The number of ether oxygens (including phenoxy) is 2. The van der Waals surface area contributed by atoms with Crippen LogP contribution in [0.25, 0.3) is 0 Å². The summed E-state index contributed by atoms with van der Waals surface area (Å²) >= 11 is 14.9. The molecule has 0 aliphatic carbocycles. The fraction of sp³-hybridized carbons (Fsp3) is 0.0909. The second kappa shape index (κ2) is 11.1. The fourth-order valence-electron chi connectivity index (χ4n) is 2.38. The Morgan fingerprint density at radius 3 is 1.45 bits per heavy atom. The van der Waals surface area contributed by atoms with E-state index in [1.807, 2.05) is 54.6 Å². The predicted octanol–water partition coefficient (Wildman–Crippen LogP) is 6.86. The fourth-order valence-corrected chi connectivity index (χ4v) is 11.0. The van der Waals surface area contributed by atoms with Crippen molar-refractivity contribution in [2.45, 2.75) is 0 Å². The van der Waals surface area contributed by atoms with E-state index in [4.69, 9.17) is 33.9 Å². The van der Waals surface area contributed by atoms with Gasteiger partial charge in [0.2, 0.25) is 0 Å². The Hall–Kier alpha value is -1.43. The minimum Gasteiger partial charge on any atom is -0.497 e. The van der Waals surface area contributed by atoms with Gasteiger partial charge in [0.25, 0.3) is 0 Å². The topological polar surface area (TPSA) is 18.5 Å². The van der Waals surface area contributed by atoms with Crippen molar-refractivity contribution in [1.29, 1.82) is 0 Å². The van der Waals surface area contributed by atoms with E-state index in [1.165, 1.54) is 5.30 Å². The lowest BCUT2D eigenvalue weighted by atomic mass is 10.2. The summed E-state index contributed by atoms with van der Waals surface area (Å²) in [7, 11) is 3.32. The summed E-state index contributed by atoms with van der Waals surface area (Å²) in [6.07, 6.45) is -0.716. The normalized spacial score (nSPS) is 10.6. The van der Waals surface area contributed by atoms with Crippen LogP contribution < -0.4 is 14.8 Å². The van der Waals surface area contributed by atoms with Gasteiger partial charge in [-0.3, -0.25) is 0 Å². The molecule has 0 N–H and O–H groups in total. The van der Waals surface area contributed by atoms with Crippen molar-refractivity contribution >= 4 is 67.2 Å². The SMILES string of the molecule is COc1ccc(C(=S)SP(SC(=S)c2ccc(OC)cc2)c2ccccc2)cc1. The molecule has 148 valence electrons. The van der Waals surface area contributed by atoms with Crippen molar-refractivity contribution in [2.24, 2.45) is 0 Å². The highest BCUT2D eigenvalue weighted by molar-refractivity contribution is 8.97. The van der Waals surface area contributed by atoms with Crippen molar-refractivity contribution in [2.75, 3.05) is 14.2 Å². The van der Waals surface area contributed by atoms with Crippen LogP contribution in [0.3, 0.4) is 0 Å². The lowest BCUT2D eigenvalue weighted by Gasteiger charge is -2.18. The first-order valence-corrected chi connectivity index (χ1v) is 13.7. The smallest absolute Gasteiger partial charge is 0.118 e. The van der Waals surface area contributed by atoms with E-state index in [2.05, 4.69) is 24.3 Å². The van der Waals surface area contributed by atoms with Crippen LogP contribution >= 0.6 is 53.5 Å². The lowest BCUT2D eigenvalue weighted by Crippen LogP contribution is -2.01. The highest BCUT2D eigenvalue weighted by Gasteiger charge is 2.19. The average molecular weight is 475 g/mol. The average Bonchev–Trinajstić information content (AvgIpc) is 2.79. The standard InChI is InChI=1S/C22H19O2PS4/c1-23-18-12-8-16(9-13-18)21(26)28-25(20-6-4-3-5-7-20)29-22(27)17-10-14-19(24-2)15-11-17/h3-15H,1-2H3. The molecule has 0 spiro atoms. The van der Waals surface area contributed by atoms with Crippen LogP contribution in [0.5, 0.6) is 11.5 Å². The van der Waals surface area contributed by atoms with Gasteiger partial charge in [-0.05, 0) is 65.0 Å². The van der Waals surface area contributed by atoms with Crippen molar-refractivity contribution in [3.63, 3.8) is 0 Å². The maximum absolute atomic E-state index is 5.74. The largest absolute Gasteiger partial charge is 0.497 e. The third-order valence-electron chi connectivity index (χ3n) is 3.95. The molecule has 0 aliphatic rings. The maximum atomic E-state index is 5.74. The Labute approximate surface area is 191 Å². The van der Waals surface area contributed by atoms with Crippen molar-refractivity contribution < 1.29 is 9.47 Å². The monoisotopic (exact) mass is 474 g/mol. The Bertz CT molecular complexity index is 899. The molecule has 7 heteroatoms. The summed E-state index contributed by atoms with van der Waals surface area (Å²) in [6, 6.07) is 26.1. The number of hydrogen-bond acceptors (Lipinski definition) is 6. The summed E-state index contributed by atoms with van der Waals surface area (Å²) in [4.78, 5) is 0. The zero-order valence-corrected chi connectivity index (χ0v) is 20.1. The van der Waals surface area contributed by atoms with Gasteiger partial charge in [-0.2, -0.15) is 0 Å². The van der Waals surface area contributed by atoms with Crippen LogP contribution in [0.4, 0.5) is 0 Å². The molecule has 0 bridgehead atoms. The summed E-state index contributed by atoms with van der Waals surface area (Å²) in [5.41, 5.74) is 2.04. The maximum Gasteiger partial charge on any atom is 0.118 e. The van der Waals surface area contributed by atoms with E-state index >= 15 is 0 Å². The van der Waals surface area contributed by atoms with Gasteiger partial charge >= 0.3 is 0 Å². The van der Waals surface area contributed by atoms with Crippen LogP contribution in [-0.2, 0) is 0 Å². The van der Waals surface area contributed by atoms with Gasteiger partial charge in [0, 0.05) is 0 Å². The molecular formula is C22H19O2PS4. The molecule has 0 aliphatic heterocycles. The van der Waals surface area contributed by atoms with Gasteiger partial charge in [-0.1, -0.05) is 77.5 Å². The van der Waals surface area contributed by atoms with E-state index in [9.17, 15) is 0 Å². The lowest BCUT2D eigenvalue weighted by molar-refractivity contribution is 0.414. The minimum atomic E-state index is -0.716. The molecule has 0 amide bonds. The van der Waals surface area contributed by atoms with E-state index in [1.54, 1.807) is 37.0 Å². The Morgan fingerprint density at radius 2 is 1.07 bits per heavy atom. The molecule has 0 radical (unpaired) electrons. The third-order valence-corrected chi connectivity index (χ3v) is 12.2. The second-order valence-corrected chi connectivity index (χ2v) is 13.3. The molecule has 29 heavy (non-hydrogen) atoms. The first-order valence-electron chi connectivity index (χ1n) is 8.68. The van der Waals surface area contributed by atoms with Gasteiger partial charge in [0.1, 0.15) is 11.5 Å². The van der Waals surface area contributed by atoms with Crippen LogP contribution in [0.15, 0.2) is 78.9 Å². The zero-order chi connectivity index (χ0) is 20.6. The van der Waals surface area contributed by atoms with Crippen LogP contribution in [0.2, 0.25) is 0 Å². The number of rotatable bonds is 7.